The molecule has 0 saturated carbocycles. The summed E-state index contributed by atoms with van der Waals surface area (Å²) in [6.45, 7) is 4.05. The van der Waals surface area contributed by atoms with Gasteiger partial charge in [0.15, 0.2) is 10.7 Å². The molecule has 4 heterocycles. The minimum Gasteiger partial charge on any atom is -0.458 e. The van der Waals surface area contributed by atoms with Crippen molar-refractivity contribution in [2.75, 3.05) is 0 Å². The molecule has 2 unspecified atom stereocenters. The number of hydrogen-bond donors (Lipinski definition) is 0. The maximum absolute atomic E-state index is 15.2. The summed E-state index contributed by atoms with van der Waals surface area (Å²) in [4.78, 5) is 135. The lowest BCUT2D eigenvalue weighted by molar-refractivity contribution is -0.191. The number of carbonyl (C=O) groups excluding carboxylic acids is 4. The van der Waals surface area contributed by atoms with Crippen molar-refractivity contribution in [2.24, 2.45) is 21.8 Å². The van der Waals surface area contributed by atoms with Gasteiger partial charge in [0.05, 0.1) is 9.75 Å². The highest BCUT2D eigenvalue weighted by Crippen LogP contribution is 2.56. The summed E-state index contributed by atoms with van der Waals surface area (Å²) in [6, 6.07) is 41.2. The molecule has 0 spiro atoms. The van der Waals surface area contributed by atoms with Crippen molar-refractivity contribution < 1.29 is 47.6 Å². The van der Waals surface area contributed by atoms with Gasteiger partial charge in [0.25, 0.3) is 0 Å². The Kier molecular flexibility index (Phi) is 15.0. The van der Waals surface area contributed by atoms with Crippen LogP contribution in [-0.4, -0.2) is 33.8 Å². The maximum atomic E-state index is 15.2. The van der Waals surface area contributed by atoms with Crippen LogP contribution in [0.25, 0.3) is 34.1 Å². The molecule has 0 fully saturated rings. The number of hydrogen-bond acceptors (Lipinski definition) is 20. The van der Waals surface area contributed by atoms with Gasteiger partial charge < -0.3 is 28.4 Å². The number of nitrogens with zero attached hydrogens (tertiary/aromatic N) is 4. The molecule has 0 N–H and O–H groups in total. The Hall–Kier alpha value is -11.0. The lowest BCUT2D eigenvalue weighted by Gasteiger charge is -2.40. The molecule has 0 bridgehead atoms. The van der Waals surface area contributed by atoms with Gasteiger partial charge in [0, 0.05) is 44.2 Å². The van der Waals surface area contributed by atoms with Crippen LogP contribution in [0.1, 0.15) is 50.3 Å². The first-order valence-corrected chi connectivity index (χ1v) is 29.5. The average Bonchev–Trinajstić information content (AvgIpc) is 1.72. The minimum absolute atomic E-state index is 0.0119. The summed E-state index contributed by atoms with van der Waals surface area (Å²) in [5.74, 6) is -6.35. The molecule has 20 heteroatoms. The molecular weight excluding hydrogens is 1170 g/mol. The molecule has 0 amide bonds. The fraction of sp³-hybridized carbons (Fsp3) is 0.130. The van der Waals surface area contributed by atoms with Gasteiger partial charge in [-0.25, -0.2) is 39.1 Å². The molecule has 0 saturated heterocycles. The van der Waals surface area contributed by atoms with E-state index in [4.69, 9.17) is 38.4 Å². The quantitative estimate of drug-likeness (QED) is 0.0565. The highest BCUT2D eigenvalue weighted by Gasteiger charge is 2.63. The Balaban J connectivity index is 0.995. The van der Waals surface area contributed by atoms with E-state index in [9.17, 15) is 19.2 Å². The lowest BCUT2D eigenvalue weighted by Crippen LogP contribution is -2.51. The van der Waals surface area contributed by atoms with Gasteiger partial charge in [-0.2, -0.15) is 0 Å². The highest BCUT2D eigenvalue weighted by molar-refractivity contribution is 7.17. The summed E-state index contributed by atoms with van der Waals surface area (Å²) in [5.41, 5.74) is -6.05. The van der Waals surface area contributed by atoms with Crippen LogP contribution in [0.2, 0.25) is 0 Å². The number of fused-ring (bicyclic) bond motifs is 8. The summed E-state index contributed by atoms with van der Waals surface area (Å²) in [5, 5.41) is -0.879. The van der Waals surface area contributed by atoms with Crippen molar-refractivity contribution in [3.8, 4) is 0 Å². The number of esters is 4. The molecule has 18 nitrogen and oxygen atoms in total. The summed E-state index contributed by atoms with van der Waals surface area (Å²) >= 11 is 1.73. The van der Waals surface area contributed by atoms with E-state index in [1.54, 1.807) is 165 Å². The molecule has 438 valence electrons. The zero-order valence-corrected chi connectivity index (χ0v) is 48.5. The fourth-order valence-electron chi connectivity index (χ4n) is 11.0. The third-order valence-electron chi connectivity index (χ3n) is 15.3. The number of aromatic nitrogens is 2. The Morgan fingerprint density at radius 2 is 0.831 bits per heavy atom. The van der Waals surface area contributed by atoms with E-state index >= 15 is 19.2 Å². The van der Waals surface area contributed by atoms with Gasteiger partial charge in [0.2, 0.25) is 32.0 Å². The SMILES string of the molecule is C=C/C=c1/c(=O)/c(=N/c2nc3c(s2)C2=CC4C=C5OC(C(=O)OCc6ccccc6)(C(=O)OCc6ccccc6)c6nc(N=c7c(=O)c8ccccc8c7=O)sc6C5=CC4C=C2OC3(C(=O)OCc2ccccc2)C(=O)OCc2ccccc2)c(=O)/c1=C/C. The van der Waals surface area contributed by atoms with Gasteiger partial charge in [-0.3, -0.25) is 19.2 Å². The molecule has 89 heavy (non-hydrogen) atoms. The molecule has 4 aliphatic rings. The standard InChI is InChI=1S/C69H46N4O14S2/c1-3-19-45-44(4-2)54(74)52(55(45)75)70-66-72-60-58(88-66)48-30-42-33-51-49(31-43(42)32-50(48)86-68(60,62(78)82-34-38-20-9-5-10-21-38)63(79)83-35-39-22-11-6-12-23-39)59-61(73-67(89-59)71-53-56(76)46-28-17-18-29-47(46)57(53)77)69(87-51,64(80)84-36-40-24-13-7-14-25-40)65(81)85-37-41-26-15-8-16-27-41/h3-33,42-43H,1,34-37H2,2H3/b44-4+,45-19+,70-52+. The molecule has 9 aromatic rings. The van der Waals surface area contributed by atoms with E-state index in [2.05, 4.69) is 16.6 Å². The van der Waals surface area contributed by atoms with Crippen molar-refractivity contribution in [1.82, 2.24) is 9.97 Å². The second kappa shape index (κ2) is 23.4. The van der Waals surface area contributed by atoms with Gasteiger partial charge >= 0.3 is 35.1 Å². The van der Waals surface area contributed by atoms with Crippen molar-refractivity contribution in [3.63, 3.8) is 0 Å². The second-order valence-electron chi connectivity index (χ2n) is 20.8. The fourth-order valence-corrected chi connectivity index (χ4v) is 13.0. The predicted molar refractivity (Wildman–Crippen MR) is 329 cm³/mol. The first-order valence-electron chi connectivity index (χ1n) is 27.9. The highest BCUT2D eigenvalue weighted by atomic mass is 32.1. The van der Waals surface area contributed by atoms with Gasteiger partial charge in [-0.1, -0.05) is 205 Å². The molecule has 2 atom stereocenters. The third-order valence-corrected chi connectivity index (χ3v) is 17.3. The van der Waals surface area contributed by atoms with Crippen molar-refractivity contribution >= 4 is 90.9 Å². The molecule has 2 aromatic heterocycles. The van der Waals surface area contributed by atoms with E-state index in [-0.39, 0.29) is 102 Å². The smallest absolute Gasteiger partial charge is 0.369 e. The summed E-state index contributed by atoms with van der Waals surface area (Å²) in [7, 11) is 0. The van der Waals surface area contributed by atoms with Crippen LogP contribution in [0, 0.1) is 11.8 Å². The van der Waals surface area contributed by atoms with E-state index in [0.717, 1.165) is 22.7 Å². The predicted octanol–water partition coefficient (Wildman–Crippen LogP) is 7.10. The Bertz CT molecular complexity index is 4870. The Morgan fingerprint density at radius 3 is 1.18 bits per heavy atom. The summed E-state index contributed by atoms with van der Waals surface area (Å²) < 4.78 is 37.5. The largest absolute Gasteiger partial charge is 0.458 e. The average molecular weight is 1220 g/mol. The van der Waals surface area contributed by atoms with E-state index in [1.165, 1.54) is 30.4 Å². The van der Waals surface area contributed by atoms with Crippen LogP contribution in [0.15, 0.2) is 223 Å². The van der Waals surface area contributed by atoms with Crippen LogP contribution >= 0.6 is 22.7 Å². The van der Waals surface area contributed by atoms with E-state index in [1.807, 2.05) is 0 Å². The zero-order chi connectivity index (χ0) is 61.6. The molecule has 0 radical (unpaired) electrons. The van der Waals surface area contributed by atoms with Gasteiger partial charge in [-0.05, 0) is 41.3 Å². The van der Waals surface area contributed by atoms with Crippen LogP contribution in [0.3, 0.4) is 0 Å². The van der Waals surface area contributed by atoms with Crippen LogP contribution in [0.5, 0.6) is 0 Å². The van der Waals surface area contributed by atoms with Crippen molar-refractivity contribution in [1.29, 1.82) is 0 Å². The first kappa shape index (κ1) is 57.1. The zero-order valence-electron chi connectivity index (χ0n) is 46.9. The maximum Gasteiger partial charge on any atom is 0.369 e. The minimum atomic E-state index is -2.81. The number of allylic oxidation sites excluding steroid dienone is 7. The monoisotopic (exact) mass is 1220 g/mol. The van der Waals surface area contributed by atoms with Gasteiger partial charge in [-0.15, -0.1) is 0 Å². The molecule has 13 rings (SSSR count). The number of rotatable bonds is 15. The molecule has 7 aromatic carbocycles. The lowest BCUT2D eigenvalue weighted by atomic mass is 9.76. The second-order valence-corrected chi connectivity index (χ2v) is 22.8. The number of carbonyl (C=O) groups is 4. The van der Waals surface area contributed by atoms with Crippen LogP contribution < -0.4 is 42.9 Å². The number of benzene rings is 5. The van der Waals surface area contributed by atoms with E-state index < -0.39 is 79.3 Å². The number of ether oxygens (including phenoxy) is 6. The Labute approximate surface area is 511 Å². The molecule has 2 aliphatic heterocycles. The summed E-state index contributed by atoms with van der Waals surface area (Å²) in [6.07, 6.45) is 11.1. The van der Waals surface area contributed by atoms with Crippen LogP contribution in [0.4, 0.5) is 10.3 Å². The number of thiazole rings is 2. The molecular formula is C69H46N4O14S2. The van der Waals surface area contributed by atoms with E-state index in [0.29, 0.717) is 22.3 Å². The topological polar surface area (TPSA) is 242 Å². The van der Waals surface area contributed by atoms with Crippen molar-refractivity contribution in [2.45, 2.75) is 44.6 Å². The van der Waals surface area contributed by atoms with Crippen LogP contribution in [-0.2, 0) is 85.2 Å². The first-order chi connectivity index (χ1) is 43.3. The Morgan fingerprint density at radius 1 is 0.494 bits per heavy atom. The third kappa shape index (κ3) is 10.1. The van der Waals surface area contributed by atoms with Crippen molar-refractivity contribution in [3.05, 3.63) is 300 Å². The molecule has 2 aliphatic carbocycles. The normalized spacial score (nSPS) is 17.1. The van der Waals surface area contributed by atoms with Gasteiger partial charge in [0.1, 0.15) is 49.3 Å².